The van der Waals surface area contributed by atoms with Gasteiger partial charge in [-0.3, -0.25) is 29.1 Å². The molecule has 0 radical (unpaired) electrons. The first kappa shape index (κ1) is 22.6. The molecule has 2 aromatic rings. The van der Waals surface area contributed by atoms with Crippen LogP contribution in [0.2, 0.25) is 0 Å². The van der Waals surface area contributed by atoms with Gasteiger partial charge in [-0.1, -0.05) is 31.2 Å². The smallest absolute Gasteiger partial charge is 0.262 e. The largest absolute Gasteiger partial charge is 0.352 e. The van der Waals surface area contributed by atoms with Crippen molar-refractivity contribution < 1.29 is 18.8 Å². The fraction of sp³-hybridized carbons (Fsp3) is 0.375. The average molecular weight is 452 g/mol. The van der Waals surface area contributed by atoms with Gasteiger partial charge in [0, 0.05) is 18.9 Å². The molecule has 172 valence electrons. The van der Waals surface area contributed by atoms with Crippen LogP contribution < -0.4 is 16.2 Å². The number of aryl methyl sites for hydroxylation is 1. The zero-order chi connectivity index (χ0) is 23.7. The molecular formula is C24H25FN4O4. The number of carbonyl (C=O) groups is 3. The maximum atomic E-state index is 13.9. The van der Waals surface area contributed by atoms with Gasteiger partial charge in [0.2, 0.25) is 17.7 Å². The van der Waals surface area contributed by atoms with Crippen LogP contribution in [0.15, 0.2) is 46.8 Å². The van der Waals surface area contributed by atoms with Crippen molar-refractivity contribution in [1.29, 1.82) is 0 Å². The van der Waals surface area contributed by atoms with E-state index in [2.05, 4.69) is 15.6 Å². The molecule has 0 spiro atoms. The summed E-state index contributed by atoms with van der Waals surface area (Å²) in [4.78, 5) is 54.2. The number of hydrogen-bond donors (Lipinski definition) is 2. The molecule has 2 aliphatic rings. The molecule has 1 aliphatic carbocycles. The molecule has 2 heterocycles. The third-order valence-electron chi connectivity index (χ3n) is 6.04. The van der Waals surface area contributed by atoms with Gasteiger partial charge in [0.15, 0.2) is 0 Å². The molecule has 1 saturated heterocycles. The molecule has 9 heteroatoms. The Balaban J connectivity index is 1.58. The van der Waals surface area contributed by atoms with Crippen molar-refractivity contribution in [2.75, 3.05) is 0 Å². The number of hydrogen-bond acceptors (Lipinski definition) is 5. The Kier molecular flexibility index (Phi) is 6.22. The van der Waals surface area contributed by atoms with Crippen LogP contribution in [0.25, 0.3) is 10.9 Å². The highest BCUT2D eigenvalue weighted by Gasteiger charge is 2.30. The van der Waals surface area contributed by atoms with Crippen LogP contribution in [0.3, 0.4) is 0 Å². The van der Waals surface area contributed by atoms with E-state index in [4.69, 9.17) is 0 Å². The van der Waals surface area contributed by atoms with Crippen LogP contribution >= 0.6 is 0 Å². The van der Waals surface area contributed by atoms with Gasteiger partial charge in [0.05, 0.1) is 17.3 Å². The van der Waals surface area contributed by atoms with Crippen LogP contribution in [0.1, 0.15) is 43.6 Å². The minimum Gasteiger partial charge on any atom is -0.352 e. The molecule has 2 N–H and O–H groups in total. The summed E-state index contributed by atoms with van der Waals surface area (Å²) in [7, 11) is 0. The number of carbonyl (C=O) groups excluding carboxylic acids is 3. The number of alkyl halides is 1. The van der Waals surface area contributed by atoms with Crippen molar-refractivity contribution in [2.45, 2.75) is 51.9 Å². The van der Waals surface area contributed by atoms with E-state index in [1.54, 1.807) is 44.2 Å². The minimum absolute atomic E-state index is 0.0340. The van der Waals surface area contributed by atoms with Gasteiger partial charge in [-0.15, -0.1) is 0 Å². The summed E-state index contributed by atoms with van der Waals surface area (Å²) in [5.41, 5.74) is 1.22. The second kappa shape index (κ2) is 9.09. The summed E-state index contributed by atoms with van der Waals surface area (Å²) < 4.78 is 15.2. The van der Waals surface area contributed by atoms with E-state index in [-0.39, 0.29) is 43.5 Å². The summed E-state index contributed by atoms with van der Waals surface area (Å²) in [5, 5.41) is 5.36. The van der Waals surface area contributed by atoms with E-state index in [1.807, 2.05) is 0 Å². The number of aromatic nitrogens is 2. The molecule has 1 aromatic heterocycles. The lowest BCUT2D eigenvalue weighted by Gasteiger charge is -2.24. The van der Waals surface area contributed by atoms with E-state index < -0.39 is 23.7 Å². The molecule has 8 nitrogen and oxygen atoms in total. The molecule has 0 bridgehead atoms. The molecule has 1 aromatic carbocycles. The molecule has 1 aliphatic heterocycles. The Morgan fingerprint density at radius 3 is 2.82 bits per heavy atom. The standard InChI is InChI=1S/C24H25FN4O4/c1-13-6-7-15(10-17(13)25)11-21(31)26-12-16-4-3-5-18-22(16)24(33)29(14(2)27-18)19-8-9-20(30)28-23(19)32/h3-7,10,13,17,19H,8-9,11-12H2,1-2H3,(H,26,31)(H,28,30,32). The van der Waals surface area contributed by atoms with Gasteiger partial charge in [0.1, 0.15) is 18.0 Å². The van der Waals surface area contributed by atoms with E-state index in [0.29, 0.717) is 27.9 Å². The van der Waals surface area contributed by atoms with Crippen LogP contribution in [-0.2, 0) is 20.9 Å². The van der Waals surface area contributed by atoms with Gasteiger partial charge in [-0.05, 0) is 36.6 Å². The number of benzene rings is 1. The Bertz CT molecular complexity index is 1260. The highest BCUT2D eigenvalue weighted by atomic mass is 19.1. The van der Waals surface area contributed by atoms with Crippen molar-refractivity contribution in [3.63, 3.8) is 0 Å². The Hall–Kier alpha value is -3.62. The van der Waals surface area contributed by atoms with Gasteiger partial charge in [-0.2, -0.15) is 0 Å². The monoisotopic (exact) mass is 452 g/mol. The maximum Gasteiger partial charge on any atom is 0.262 e. The van der Waals surface area contributed by atoms with Crippen molar-refractivity contribution >= 4 is 28.6 Å². The Morgan fingerprint density at radius 1 is 1.30 bits per heavy atom. The number of allylic oxidation sites excluding steroid dienone is 3. The van der Waals surface area contributed by atoms with Crippen molar-refractivity contribution in [1.82, 2.24) is 20.2 Å². The van der Waals surface area contributed by atoms with Crippen LogP contribution in [-0.4, -0.2) is 33.4 Å². The summed E-state index contributed by atoms with van der Waals surface area (Å²) in [6, 6.07) is 4.34. The van der Waals surface area contributed by atoms with Gasteiger partial charge in [-0.25, -0.2) is 9.37 Å². The van der Waals surface area contributed by atoms with E-state index in [0.717, 1.165) is 0 Å². The van der Waals surface area contributed by atoms with Crippen LogP contribution in [0, 0.1) is 12.8 Å². The molecular weight excluding hydrogens is 427 g/mol. The number of piperidine rings is 1. The number of nitrogens with one attached hydrogen (secondary N) is 2. The predicted octanol–water partition coefficient (Wildman–Crippen LogP) is 2.16. The van der Waals surface area contributed by atoms with Crippen molar-refractivity contribution in [2.24, 2.45) is 5.92 Å². The van der Waals surface area contributed by atoms with E-state index in [1.165, 1.54) is 10.6 Å². The average Bonchev–Trinajstić information content (AvgIpc) is 2.76. The van der Waals surface area contributed by atoms with Crippen molar-refractivity contribution in [3.8, 4) is 0 Å². The molecule has 0 saturated carbocycles. The SMILES string of the molecule is Cc1nc2cccc(CNC(=O)CC3=CC(F)C(C)C=C3)c2c(=O)n1C1CCC(=O)NC1=O. The quantitative estimate of drug-likeness (QED) is 0.676. The first-order chi connectivity index (χ1) is 15.7. The minimum atomic E-state index is -1.11. The summed E-state index contributed by atoms with van der Waals surface area (Å²) >= 11 is 0. The maximum absolute atomic E-state index is 13.9. The number of halogens is 1. The summed E-state index contributed by atoms with van der Waals surface area (Å²) in [6.45, 7) is 3.49. The summed E-state index contributed by atoms with van der Waals surface area (Å²) in [5.74, 6) is -1.03. The molecule has 3 atom stereocenters. The summed E-state index contributed by atoms with van der Waals surface area (Å²) in [6.07, 6.45) is 4.22. The normalized spacial score (nSPS) is 22.8. The van der Waals surface area contributed by atoms with E-state index in [9.17, 15) is 23.6 Å². The van der Waals surface area contributed by atoms with Gasteiger partial charge >= 0.3 is 0 Å². The lowest BCUT2D eigenvalue weighted by molar-refractivity contribution is -0.135. The number of imide groups is 1. The highest BCUT2D eigenvalue weighted by molar-refractivity contribution is 5.99. The second-order valence-electron chi connectivity index (χ2n) is 8.47. The zero-order valence-corrected chi connectivity index (χ0v) is 18.4. The van der Waals surface area contributed by atoms with Crippen molar-refractivity contribution in [3.05, 3.63) is 63.7 Å². The Morgan fingerprint density at radius 2 is 2.09 bits per heavy atom. The second-order valence-corrected chi connectivity index (χ2v) is 8.47. The number of fused-ring (bicyclic) bond motifs is 1. The predicted molar refractivity (Wildman–Crippen MR) is 120 cm³/mol. The number of amides is 3. The third kappa shape index (κ3) is 4.62. The van der Waals surface area contributed by atoms with Crippen LogP contribution in [0.4, 0.5) is 4.39 Å². The van der Waals surface area contributed by atoms with Crippen LogP contribution in [0.5, 0.6) is 0 Å². The molecule has 33 heavy (non-hydrogen) atoms. The topological polar surface area (TPSA) is 110 Å². The molecule has 1 fully saturated rings. The third-order valence-corrected chi connectivity index (χ3v) is 6.04. The highest BCUT2D eigenvalue weighted by Crippen LogP contribution is 2.22. The Labute approximate surface area is 189 Å². The lowest BCUT2D eigenvalue weighted by Crippen LogP contribution is -2.45. The first-order valence-electron chi connectivity index (χ1n) is 10.9. The van der Waals surface area contributed by atoms with E-state index >= 15 is 0 Å². The molecule has 3 amide bonds. The fourth-order valence-corrected chi connectivity index (χ4v) is 4.22. The fourth-order valence-electron chi connectivity index (χ4n) is 4.22. The number of rotatable bonds is 5. The zero-order valence-electron chi connectivity index (χ0n) is 18.4. The number of nitrogens with zero attached hydrogens (tertiary/aromatic N) is 2. The first-order valence-corrected chi connectivity index (χ1v) is 10.9. The van der Waals surface area contributed by atoms with Gasteiger partial charge < -0.3 is 5.32 Å². The van der Waals surface area contributed by atoms with Gasteiger partial charge in [0.25, 0.3) is 5.56 Å². The molecule has 3 unspecified atom stereocenters. The lowest BCUT2D eigenvalue weighted by atomic mass is 9.95. The molecule has 4 rings (SSSR count).